The summed E-state index contributed by atoms with van der Waals surface area (Å²) in [5.74, 6) is 0.643. The molecular weight excluding hydrogens is 326 g/mol. The van der Waals surface area contributed by atoms with Crippen molar-refractivity contribution < 1.29 is 19.4 Å². The first kappa shape index (κ1) is 16.8. The van der Waals surface area contributed by atoms with E-state index in [1.807, 2.05) is 34.5 Å². The number of carbonyl (C=O) groups is 1. The number of hydrogen-bond acceptors (Lipinski definition) is 5. The molecule has 1 saturated heterocycles. The van der Waals surface area contributed by atoms with Gasteiger partial charge in [-0.25, -0.2) is 0 Å². The van der Waals surface area contributed by atoms with E-state index in [4.69, 9.17) is 9.47 Å². The standard InChI is InChI=1S/C18H21NO4S/c1-22-14-6-3-7-15(23-2)16(14)17(12-8-10-24-11-12)19-9-4-5-13(19)18(20)21/h3,6-8,10-11,13,17H,4-5,9H2,1-2H3,(H,20,21). The van der Waals surface area contributed by atoms with E-state index in [-0.39, 0.29) is 6.04 Å². The molecular formula is C18H21NO4S. The molecule has 0 saturated carbocycles. The SMILES string of the molecule is COc1cccc(OC)c1C(c1ccsc1)N1CCCC1C(=O)O. The van der Waals surface area contributed by atoms with Crippen molar-refractivity contribution in [3.8, 4) is 11.5 Å². The molecule has 6 heteroatoms. The quantitative estimate of drug-likeness (QED) is 0.868. The summed E-state index contributed by atoms with van der Waals surface area (Å²) < 4.78 is 11.1. The zero-order valence-electron chi connectivity index (χ0n) is 13.8. The summed E-state index contributed by atoms with van der Waals surface area (Å²) in [5.41, 5.74) is 1.95. The fraction of sp³-hybridized carbons (Fsp3) is 0.389. The van der Waals surface area contributed by atoms with Gasteiger partial charge in [0.05, 0.1) is 25.8 Å². The third-order valence-electron chi connectivity index (χ3n) is 4.51. The van der Waals surface area contributed by atoms with Gasteiger partial charge in [-0.3, -0.25) is 9.69 Å². The van der Waals surface area contributed by atoms with Gasteiger partial charge in [0.1, 0.15) is 17.5 Å². The number of likely N-dealkylation sites (tertiary alicyclic amines) is 1. The fourth-order valence-electron chi connectivity index (χ4n) is 3.47. The van der Waals surface area contributed by atoms with Crippen LogP contribution in [0.4, 0.5) is 0 Å². The van der Waals surface area contributed by atoms with E-state index in [9.17, 15) is 9.90 Å². The molecule has 1 aliphatic heterocycles. The van der Waals surface area contributed by atoms with Crippen molar-refractivity contribution in [2.24, 2.45) is 0 Å². The second-order valence-corrected chi connectivity index (χ2v) is 6.55. The molecule has 0 spiro atoms. The van der Waals surface area contributed by atoms with Crippen molar-refractivity contribution in [1.29, 1.82) is 0 Å². The molecule has 0 bridgehead atoms. The van der Waals surface area contributed by atoms with Gasteiger partial charge in [-0.15, -0.1) is 0 Å². The molecule has 128 valence electrons. The monoisotopic (exact) mass is 347 g/mol. The number of carboxylic acids is 1. The van der Waals surface area contributed by atoms with Crippen LogP contribution in [-0.2, 0) is 4.79 Å². The van der Waals surface area contributed by atoms with Gasteiger partial charge in [0.25, 0.3) is 0 Å². The van der Waals surface area contributed by atoms with Gasteiger partial charge in [-0.2, -0.15) is 11.3 Å². The van der Waals surface area contributed by atoms with Crippen molar-refractivity contribution >= 4 is 17.3 Å². The zero-order valence-corrected chi connectivity index (χ0v) is 14.6. The summed E-state index contributed by atoms with van der Waals surface area (Å²) in [4.78, 5) is 13.8. The summed E-state index contributed by atoms with van der Waals surface area (Å²) in [6.45, 7) is 0.735. The number of ether oxygens (including phenoxy) is 2. The normalized spacial score (nSPS) is 19.2. The lowest BCUT2D eigenvalue weighted by Crippen LogP contribution is -2.39. The average Bonchev–Trinajstić information content (AvgIpc) is 3.27. The van der Waals surface area contributed by atoms with Crippen LogP contribution in [0.1, 0.15) is 30.0 Å². The maximum absolute atomic E-state index is 11.7. The number of aliphatic carboxylic acids is 1. The molecule has 1 N–H and O–H groups in total. The van der Waals surface area contributed by atoms with Gasteiger partial charge >= 0.3 is 5.97 Å². The number of thiophene rings is 1. The molecule has 2 heterocycles. The first-order valence-electron chi connectivity index (χ1n) is 7.89. The van der Waals surface area contributed by atoms with Crippen LogP contribution in [-0.4, -0.2) is 42.8 Å². The van der Waals surface area contributed by atoms with Crippen molar-refractivity contribution in [2.75, 3.05) is 20.8 Å². The molecule has 2 unspecified atom stereocenters. The smallest absolute Gasteiger partial charge is 0.320 e. The van der Waals surface area contributed by atoms with Crippen LogP contribution in [0.5, 0.6) is 11.5 Å². The van der Waals surface area contributed by atoms with Gasteiger partial charge in [-0.1, -0.05) is 6.07 Å². The Morgan fingerprint density at radius 2 is 2.00 bits per heavy atom. The Morgan fingerprint density at radius 1 is 1.29 bits per heavy atom. The molecule has 1 aliphatic rings. The maximum Gasteiger partial charge on any atom is 0.320 e. The van der Waals surface area contributed by atoms with Gasteiger partial charge < -0.3 is 14.6 Å². The largest absolute Gasteiger partial charge is 0.496 e. The first-order valence-corrected chi connectivity index (χ1v) is 8.83. The number of hydrogen-bond donors (Lipinski definition) is 1. The Labute approximate surface area is 145 Å². The summed E-state index contributed by atoms with van der Waals surface area (Å²) in [6, 6.07) is 7.00. The summed E-state index contributed by atoms with van der Waals surface area (Å²) in [7, 11) is 3.25. The van der Waals surface area contributed by atoms with E-state index in [0.717, 1.165) is 24.1 Å². The van der Waals surface area contributed by atoms with Gasteiger partial charge in [0.15, 0.2) is 0 Å². The maximum atomic E-state index is 11.7. The van der Waals surface area contributed by atoms with Crippen molar-refractivity contribution in [3.05, 3.63) is 46.2 Å². The molecule has 0 amide bonds. The molecule has 5 nitrogen and oxygen atoms in total. The van der Waals surface area contributed by atoms with E-state index in [1.54, 1.807) is 25.6 Å². The van der Waals surface area contributed by atoms with Crippen LogP contribution in [0.3, 0.4) is 0 Å². The second kappa shape index (κ2) is 7.23. The van der Waals surface area contributed by atoms with Crippen LogP contribution in [0, 0.1) is 0 Å². The van der Waals surface area contributed by atoms with Crippen molar-refractivity contribution in [3.63, 3.8) is 0 Å². The van der Waals surface area contributed by atoms with E-state index in [1.165, 1.54) is 0 Å². The van der Waals surface area contributed by atoms with Crippen LogP contribution >= 0.6 is 11.3 Å². The number of nitrogens with zero attached hydrogens (tertiary/aromatic N) is 1. The Balaban J connectivity index is 2.15. The lowest BCUT2D eigenvalue weighted by molar-refractivity contribution is -0.142. The van der Waals surface area contributed by atoms with Gasteiger partial charge in [0.2, 0.25) is 0 Å². The Morgan fingerprint density at radius 3 is 2.54 bits per heavy atom. The van der Waals surface area contributed by atoms with Crippen LogP contribution in [0.2, 0.25) is 0 Å². The summed E-state index contributed by atoms with van der Waals surface area (Å²) in [6.07, 6.45) is 1.53. The minimum absolute atomic E-state index is 0.203. The summed E-state index contributed by atoms with van der Waals surface area (Å²) >= 11 is 1.60. The van der Waals surface area contributed by atoms with Crippen molar-refractivity contribution in [1.82, 2.24) is 4.90 Å². The van der Waals surface area contributed by atoms with Gasteiger partial charge in [0, 0.05) is 6.54 Å². The van der Waals surface area contributed by atoms with Crippen LogP contribution in [0.15, 0.2) is 35.0 Å². The molecule has 24 heavy (non-hydrogen) atoms. The minimum atomic E-state index is -0.776. The Bertz CT molecular complexity index is 679. The number of carboxylic acid groups (broad SMARTS) is 1. The lowest BCUT2D eigenvalue weighted by Gasteiger charge is -2.33. The minimum Gasteiger partial charge on any atom is -0.496 e. The van der Waals surface area contributed by atoms with Crippen LogP contribution < -0.4 is 9.47 Å². The topological polar surface area (TPSA) is 59.0 Å². The number of methoxy groups -OCH3 is 2. The van der Waals surface area contributed by atoms with E-state index in [2.05, 4.69) is 5.38 Å². The van der Waals surface area contributed by atoms with Gasteiger partial charge in [-0.05, 0) is 47.4 Å². The highest BCUT2D eigenvalue weighted by molar-refractivity contribution is 7.08. The molecule has 0 aliphatic carbocycles. The summed E-state index contributed by atoms with van der Waals surface area (Å²) in [5, 5.41) is 13.7. The van der Waals surface area contributed by atoms with E-state index in [0.29, 0.717) is 17.9 Å². The second-order valence-electron chi connectivity index (χ2n) is 5.77. The van der Waals surface area contributed by atoms with Crippen molar-refractivity contribution in [2.45, 2.75) is 24.9 Å². The highest BCUT2D eigenvalue weighted by Crippen LogP contribution is 2.43. The number of benzene rings is 1. The predicted octanol–water partition coefficient (Wildman–Crippen LogP) is 3.40. The molecule has 0 radical (unpaired) electrons. The Kier molecular flexibility index (Phi) is 5.06. The van der Waals surface area contributed by atoms with Crippen LogP contribution in [0.25, 0.3) is 0 Å². The highest BCUT2D eigenvalue weighted by Gasteiger charge is 2.39. The Hall–Kier alpha value is -2.05. The molecule has 1 aromatic carbocycles. The third-order valence-corrected chi connectivity index (χ3v) is 5.21. The van der Waals surface area contributed by atoms with E-state index < -0.39 is 12.0 Å². The molecule has 3 rings (SSSR count). The molecule has 2 atom stereocenters. The first-order chi connectivity index (χ1) is 11.7. The fourth-order valence-corrected chi connectivity index (χ4v) is 4.15. The zero-order chi connectivity index (χ0) is 17.1. The third kappa shape index (κ3) is 2.99. The highest BCUT2D eigenvalue weighted by atomic mass is 32.1. The molecule has 1 fully saturated rings. The number of rotatable bonds is 6. The van der Waals surface area contributed by atoms with E-state index >= 15 is 0 Å². The average molecular weight is 347 g/mol. The lowest BCUT2D eigenvalue weighted by atomic mass is 9.96. The predicted molar refractivity (Wildman–Crippen MR) is 93.1 cm³/mol. The molecule has 1 aromatic heterocycles. The molecule has 2 aromatic rings.